The lowest BCUT2D eigenvalue weighted by Crippen LogP contribution is -2.31. The molecule has 0 spiro atoms. The summed E-state index contributed by atoms with van der Waals surface area (Å²) in [4.78, 5) is 11.1. The molecule has 1 amide bonds. The molecule has 3 nitrogen and oxygen atoms in total. The molecule has 0 aromatic carbocycles. The third-order valence-corrected chi connectivity index (χ3v) is 2.07. The van der Waals surface area contributed by atoms with Gasteiger partial charge in [-0.1, -0.05) is 13.8 Å². The highest BCUT2D eigenvalue weighted by Gasteiger charge is 2.16. The maximum absolute atomic E-state index is 11.1. The van der Waals surface area contributed by atoms with Gasteiger partial charge in [0, 0.05) is 25.6 Å². The zero-order valence-corrected chi connectivity index (χ0v) is 7.89. The smallest absolute Gasteiger partial charge is 0.221 e. The lowest BCUT2D eigenvalue weighted by Gasteiger charge is -2.16. The van der Waals surface area contributed by atoms with Gasteiger partial charge < -0.3 is 10.6 Å². The molecule has 1 heterocycles. The zero-order valence-electron chi connectivity index (χ0n) is 7.89. The summed E-state index contributed by atoms with van der Waals surface area (Å²) in [7, 11) is 0. The largest absolute Gasteiger partial charge is 0.355 e. The monoisotopic (exact) mass is 170 g/mol. The molecule has 3 heteroatoms. The lowest BCUT2D eigenvalue weighted by atomic mass is 10.0. The van der Waals surface area contributed by atoms with Crippen molar-refractivity contribution in [3.8, 4) is 0 Å². The van der Waals surface area contributed by atoms with Crippen LogP contribution in [0.15, 0.2) is 0 Å². The molecule has 1 rings (SSSR count). The van der Waals surface area contributed by atoms with E-state index >= 15 is 0 Å². The second-order valence-electron chi connectivity index (χ2n) is 3.83. The molecule has 1 aliphatic heterocycles. The molecule has 0 bridgehead atoms. The van der Waals surface area contributed by atoms with Crippen molar-refractivity contribution in [1.82, 2.24) is 10.6 Å². The van der Waals surface area contributed by atoms with Gasteiger partial charge in [-0.2, -0.15) is 0 Å². The fourth-order valence-corrected chi connectivity index (χ4v) is 1.58. The maximum Gasteiger partial charge on any atom is 0.221 e. The highest BCUT2D eigenvalue weighted by atomic mass is 16.1. The third-order valence-electron chi connectivity index (χ3n) is 2.07. The molecule has 70 valence electrons. The van der Waals surface area contributed by atoms with Gasteiger partial charge in [0.2, 0.25) is 5.91 Å². The molecule has 0 aliphatic carbocycles. The predicted octanol–water partition coefficient (Wildman–Crippen LogP) is 0.511. The molecule has 0 aromatic heterocycles. The van der Waals surface area contributed by atoms with Gasteiger partial charge in [0.05, 0.1) is 0 Å². The van der Waals surface area contributed by atoms with E-state index in [1.807, 2.05) is 0 Å². The Bertz CT molecular complexity index is 157. The summed E-state index contributed by atoms with van der Waals surface area (Å²) in [6.07, 6.45) is 1.73. The number of carbonyl (C=O) groups is 1. The molecule has 1 fully saturated rings. The van der Waals surface area contributed by atoms with Gasteiger partial charge in [-0.15, -0.1) is 0 Å². The highest BCUT2D eigenvalue weighted by Crippen LogP contribution is 2.08. The molecule has 1 aliphatic rings. The number of nitrogens with one attached hydrogen (secondary N) is 2. The first-order valence-electron chi connectivity index (χ1n) is 4.68. The van der Waals surface area contributed by atoms with Crippen LogP contribution in [-0.2, 0) is 4.79 Å². The van der Waals surface area contributed by atoms with Crippen molar-refractivity contribution in [3.05, 3.63) is 0 Å². The van der Waals surface area contributed by atoms with Crippen LogP contribution < -0.4 is 10.6 Å². The summed E-state index contributed by atoms with van der Waals surface area (Å²) >= 11 is 0. The summed E-state index contributed by atoms with van der Waals surface area (Å²) in [5.74, 6) is 0.846. The van der Waals surface area contributed by atoms with E-state index in [-0.39, 0.29) is 5.91 Å². The average Bonchev–Trinajstić information content (AvgIpc) is 2.12. The molecule has 12 heavy (non-hydrogen) atoms. The Kier molecular flexibility index (Phi) is 3.53. The Morgan fingerprint density at radius 3 is 2.92 bits per heavy atom. The van der Waals surface area contributed by atoms with Crippen LogP contribution in [0.2, 0.25) is 0 Å². The molecule has 0 saturated carbocycles. The van der Waals surface area contributed by atoms with E-state index in [0.29, 0.717) is 18.4 Å². The normalized spacial score (nSPS) is 25.2. The standard InChI is InChI=1S/C9H18N2O/c1-7(2)5-8-6-9(12)11-4-3-10-8/h7-8,10H,3-6H2,1-2H3,(H,11,12). The van der Waals surface area contributed by atoms with Crippen molar-refractivity contribution in [1.29, 1.82) is 0 Å². The second kappa shape index (κ2) is 4.45. The van der Waals surface area contributed by atoms with Crippen molar-refractivity contribution in [2.24, 2.45) is 5.92 Å². The van der Waals surface area contributed by atoms with E-state index < -0.39 is 0 Å². The van der Waals surface area contributed by atoms with Crippen molar-refractivity contribution in [2.45, 2.75) is 32.7 Å². The minimum Gasteiger partial charge on any atom is -0.355 e. The molecule has 0 aromatic rings. The van der Waals surface area contributed by atoms with Crippen LogP contribution in [0.4, 0.5) is 0 Å². The predicted molar refractivity (Wildman–Crippen MR) is 48.9 cm³/mol. The second-order valence-corrected chi connectivity index (χ2v) is 3.83. The van der Waals surface area contributed by atoms with Crippen LogP contribution in [0.3, 0.4) is 0 Å². The molecule has 2 N–H and O–H groups in total. The van der Waals surface area contributed by atoms with Gasteiger partial charge in [-0.25, -0.2) is 0 Å². The van der Waals surface area contributed by atoms with E-state index in [9.17, 15) is 4.79 Å². The van der Waals surface area contributed by atoms with Crippen molar-refractivity contribution in [3.63, 3.8) is 0 Å². The molecule has 1 unspecified atom stereocenters. The highest BCUT2D eigenvalue weighted by molar-refractivity contribution is 5.76. The summed E-state index contributed by atoms with van der Waals surface area (Å²) in [5.41, 5.74) is 0. The Labute approximate surface area is 73.9 Å². The number of carbonyl (C=O) groups excluding carboxylic acids is 1. The summed E-state index contributed by atoms with van der Waals surface area (Å²) < 4.78 is 0. The third kappa shape index (κ3) is 3.22. The summed E-state index contributed by atoms with van der Waals surface area (Å²) in [5, 5.41) is 6.21. The van der Waals surface area contributed by atoms with E-state index in [1.165, 1.54) is 0 Å². The molecule has 1 atom stereocenters. The Hall–Kier alpha value is -0.570. The van der Waals surface area contributed by atoms with E-state index in [1.54, 1.807) is 0 Å². The van der Waals surface area contributed by atoms with Gasteiger partial charge in [-0.05, 0) is 12.3 Å². The van der Waals surface area contributed by atoms with Gasteiger partial charge in [0.25, 0.3) is 0 Å². The van der Waals surface area contributed by atoms with Crippen LogP contribution >= 0.6 is 0 Å². The molecular weight excluding hydrogens is 152 g/mol. The first-order chi connectivity index (χ1) is 5.68. The lowest BCUT2D eigenvalue weighted by molar-refractivity contribution is -0.121. The number of hydrogen-bond acceptors (Lipinski definition) is 2. The molecule has 1 saturated heterocycles. The van der Waals surface area contributed by atoms with Crippen LogP contribution in [0.1, 0.15) is 26.7 Å². The van der Waals surface area contributed by atoms with E-state index in [4.69, 9.17) is 0 Å². The SMILES string of the molecule is CC(C)CC1CC(=O)NCCN1. The van der Waals surface area contributed by atoms with Gasteiger partial charge in [-0.3, -0.25) is 4.79 Å². The fourth-order valence-electron chi connectivity index (χ4n) is 1.58. The van der Waals surface area contributed by atoms with Gasteiger partial charge in [0.15, 0.2) is 0 Å². The number of amides is 1. The summed E-state index contributed by atoms with van der Waals surface area (Å²) in [6.45, 7) is 6.05. The van der Waals surface area contributed by atoms with E-state index in [2.05, 4.69) is 24.5 Å². The first-order valence-corrected chi connectivity index (χ1v) is 4.68. The Morgan fingerprint density at radius 2 is 2.25 bits per heavy atom. The van der Waals surface area contributed by atoms with Gasteiger partial charge >= 0.3 is 0 Å². The first kappa shape index (κ1) is 9.52. The number of hydrogen-bond donors (Lipinski definition) is 2. The van der Waals surface area contributed by atoms with E-state index in [0.717, 1.165) is 19.5 Å². The fraction of sp³-hybridized carbons (Fsp3) is 0.889. The van der Waals surface area contributed by atoms with Crippen molar-refractivity contribution in [2.75, 3.05) is 13.1 Å². The molecular formula is C9H18N2O. The zero-order chi connectivity index (χ0) is 8.97. The van der Waals surface area contributed by atoms with Crippen LogP contribution in [0, 0.1) is 5.92 Å². The van der Waals surface area contributed by atoms with Crippen LogP contribution in [-0.4, -0.2) is 25.0 Å². The Morgan fingerprint density at radius 1 is 1.50 bits per heavy atom. The maximum atomic E-state index is 11.1. The topological polar surface area (TPSA) is 41.1 Å². The van der Waals surface area contributed by atoms with Crippen LogP contribution in [0.5, 0.6) is 0 Å². The number of rotatable bonds is 2. The minimum atomic E-state index is 0.186. The van der Waals surface area contributed by atoms with Crippen molar-refractivity contribution < 1.29 is 4.79 Å². The Balaban J connectivity index is 2.36. The average molecular weight is 170 g/mol. The van der Waals surface area contributed by atoms with Gasteiger partial charge in [0.1, 0.15) is 0 Å². The minimum absolute atomic E-state index is 0.186. The quantitative estimate of drug-likeness (QED) is 0.634. The summed E-state index contributed by atoms with van der Waals surface area (Å²) in [6, 6.07) is 0.382. The molecule has 0 radical (unpaired) electrons. The van der Waals surface area contributed by atoms with Crippen molar-refractivity contribution >= 4 is 5.91 Å². The van der Waals surface area contributed by atoms with Crippen LogP contribution in [0.25, 0.3) is 0 Å².